The lowest BCUT2D eigenvalue weighted by Gasteiger charge is -2.09. The van der Waals surface area contributed by atoms with E-state index in [0.29, 0.717) is 5.69 Å². The Kier molecular flexibility index (Phi) is 5.68. The Morgan fingerprint density at radius 3 is 2.39 bits per heavy atom. The highest BCUT2D eigenvalue weighted by Crippen LogP contribution is 2.29. The first kappa shape index (κ1) is 20.2. The number of nitrogens with zero attached hydrogens (tertiary/aromatic N) is 2. The number of hydrogen-bond acceptors (Lipinski definition) is 2. The highest BCUT2D eigenvalue weighted by atomic mass is 16.1. The molecule has 4 rings (SSSR count). The number of amides is 1. The Balaban J connectivity index is 1.75. The number of anilines is 1. The molecule has 31 heavy (non-hydrogen) atoms. The van der Waals surface area contributed by atoms with Crippen molar-refractivity contribution in [3.63, 3.8) is 0 Å². The van der Waals surface area contributed by atoms with E-state index < -0.39 is 5.91 Å². The van der Waals surface area contributed by atoms with E-state index in [2.05, 4.69) is 34.2 Å². The molecule has 0 aliphatic carbocycles. The zero-order valence-corrected chi connectivity index (χ0v) is 17.6. The number of fused-ring (bicyclic) bond motifs is 1. The molecule has 0 bridgehead atoms. The summed E-state index contributed by atoms with van der Waals surface area (Å²) in [6, 6.07) is 28.0. The monoisotopic (exact) mass is 405 g/mol. The lowest BCUT2D eigenvalue weighted by Crippen LogP contribution is -2.14. The van der Waals surface area contributed by atoms with Gasteiger partial charge in [-0.1, -0.05) is 66.7 Å². The van der Waals surface area contributed by atoms with Crippen molar-refractivity contribution >= 4 is 28.6 Å². The molecule has 0 radical (unpaired) electrons. The van der Waals surface area contributed by atoms with Crippen LogP contribution in [0.25, 0.3) is 17.0 Å². The molecule has 0 unspecified atom stereocenters. The van der Waals surface area contributed by atoms with Crippen molar-refractivity contribution in [3.8, 4) is 6.07 Å². The fraction of sp³-hybridized carbons (Fsp3) is 0.111. The van der Waals surface area contributed by atoms with E-state index in [4.69, 9.17) is 0 Å². The van der Waals surface area contributed by atoms with Crippen LogP contribution in [0.4, 0.5) is 5.69 Å². The van der Waals surface area contributed by atoms with Crippen molar-refractivity contribution < 1.29 is 4.79 Å². The number of para-hydroxylation sites is 2. The summed E-state index contributed by atoms with van der Waals surface area (Å²) < 4.78 is 2.23. The van der Waals surface area contributed by atoms with Gasteiger partial charge in [0.1, 0.15) is 11.6 Å². The number of nitriles is 1. The van der Waals surface area contributed by atoms with Crippen molar-refractivity contribution in [3.05, 3.63) is 107 Å². The fourth-order valence-electron chi connectivity index (χ4n) is 3.81. The van der Waals surface area contributed by atoms with Gasteiger partial charge < -0.3 is 9.88 Å². The Morgan fingerprint density at radius 2 is 1.65 bits per heavy atom. The summed E-state index contributed by atoms with van der Waals surface area (Å²) in [4.78, 5) is 12.8. The number of hydrogen-bond donors (Lipinski definition) is 1. The molecule has 0 aliphatic heterocycles. The van der Waals surface area contributed by atoms with Gasteiger partial charge in [0.05, 0.1) is 0 Å². The maximum absolute atomic E-state index is 12.8. The van der Waals surface area contributed by atoms with Crippen LogP contribution in [0, 0.1) is 25.2 Å². The second-order valence-electron chi connectivity index (χ2n) is 7.53. The van der Waals surface area contributed by atoms with Crippen LogP contribution < -0.4 is 5.32 Å². The van der Waals surface area contributed by atoms with Crippen molar-refractivity contribution in [1.29, 1.82) is 5.26 Å². The van der Waals surface area contributed by atoms with E-state index in [-0.39, 0.29) is 5.57 Å². The van der Waals surface area contributed by atoms with Crippen molar-refractivity contribution in [2.24, 2.45) is 0 Å². The predicted molar refractivity (Wildman–Crippen MR) is 126 cm³/mol. The van der Waals surface area contributed by atoms with Gasteiger partial charge in [-0.2, -0.15) is 5.26 Å². The number of nitrogens with one attached hydrogen (secondary N) is 1. The minimum atomic E-state index is -0.406. The summed E-state index contributed by atoms with van der Waals surface area (Å²) in [7, 11) is 0. The smallest absolute Gasteiger partial charge is 0.266 e. The zero-order valence-electron chi connectivity index (χ0n) is 17.6. The summed E-state index contributed by atoms with van der Waals surface area (Å²) in [5.74, 6) is -0.406. The Bertz CT molecular complexity index is 1320. The summed E-state index contributed by atoms with van der Waals surface area (Å²) in [5.41, 5.74) is 5.91. The Hall–Kier alpha value is -4.10. The number of rotatable bonds is 5. The highest BCUT2D eigenvalue weighted by Gasteiger charge is 2.16. The van der Waals surface area contributed by atoms with Crippen LogP contribution >= 0.6 is 0 Å². The number of carbonyl (C=O) groups is 1. The molecule has 1 N–H and O–H groups in total. The zero-order chi connectivity index (χ0) is 21.8. The molecular weight excluding hydrogens is 382 g/mol. The maximum Gasteiger partial charge on any atom is 0.266 e. The molecule has 4 aromatic rings. The van der Waals surface area contributed by atoms with Gasteiger partial charge in [0.25, 0.3) is 5.91 Å². The predicted octanol–water partition coefficient (Wildman–Crippen LogP) is 5.85. The molecule has 1 aromatic heterocycles. The number of benzene rings is 3. The van der Waals surface area contributed by atoms with Gasteiger partial charge in [-0.3, -0.25) is 4.79 Å². The Morgan fingerprint density at radius 1 is 0.968 bits per heavy atom. The first-order valence-electron chi connectivity index (χ1n) is 10.2. The van der Waals surface area contributed by atoms with Gasteiger partial charge in [-0.25, -0.2) is 0 Å². The summed E-state index contributed by atoms with van der Waals surface area (Å²) in [6.45, 7) is 4.67. The molecule has 1 heterocycles. The third-order valence-corrected chi connectivity index (χ3v) is 5.51. The lowest BCUT2D eigenvalue weighted by molar-refractivity contribution is -0.112. The number of aryl methyl sites for hydroxylation is 1. The van der Waals surface area contributed by atoms with Crippen LogP contribution in [0.15, 0.2) is 84.4 Å². The van der Waals surface area contributed by atoms with E-state index in [9.17, 15) is 10.1 Å². The van der Waals surface area contributed by atoms with Crippen molar-refractivity contribution in [2.45, 2.75) is 20.4 Å². The molecule has 3 aromatic carbocycles. The molecular formula is C27H23N3O. The average Bonchev–Trinajstić information content (AvgIpc) is 3.05. The van der Waals surface area contributed by atoms with Gasteiger partial charge in [-0.15, -0.1) is 0 Å². The maximum atomic E-state index is 12.8. The molecule has 0 saturated heterocycles. The Labute approximate surface area is 182 Å². The van der Waals surface area contributed by atoms with Gasteiger partial charge in [-0.05, 0) is 43.2 Å². The minimum Gasteiger partial charge on any atom is -0.340 e. The molecule has 4 nitrogen and oxygen atoms in total. The third kappa shape index (κ3) is 4.12. The van der Waals surface area contributed by atoms with E-state index in [1.54, 1.807) is 6.08 Å². The molecule has 0 fully saturated rings. The van der Waals surface area contributed by atoms with Gasteiger partial charge in [0, 0.05) is 34.4 Å². The van der Waals surface area contributed by atoms with Crippen LogP contribution in [-0.4, -0.2) is 10.5 Å². The number of aromatic nitrogens is 1. The van der Waals surface area contributed by atoms with Crippen LogP contribution in [0.3, 0.4) is 0 Å². The quantitative estimate of drug-likeness (QED) is 0.334. The van der Waals surface area contributed by atoms with Crippen LogP contribution in [-0.2, 0) is 11.3 Å². The molecule has 1 amide bonds. The molecule has 0 atom stereocenters. The molecule has 4 heteroatoms. The molecule has 0 spiro atoms. The van der Waals surface area contributed by atoms with E-state index in [0.717, 1.165) is 34.3 Å². The fourth-order valence-corrected chi connectivity index (χ4v) is 3.81. The average molecular weight is 406 g/mol. The van der Waals surface area contributed by atoms with Crippen molar-refractivity contribution in [2.75, 3.05) is 5.32 Å². The largest absolute Gasteiger partial charge is 0.340 e. The highest BCUT2D eigenvalue weighted by molar-refractivity contribution is 6.11. The summed E-state index contributed by atoms with van der Waals surface area (Å²) in [6.07, 6.45) is 1.70. The number of carbonyl (C=O) groups excluding carboxylic acids is 1. The lowest BCUT2D eigenvalue weighted by atomic mass is 10.1. The first-order valence-corrected chi connectivity index (χ1v) is 10.2. The molecule has 0 saturated carbocycles. The first-order chi connectivity index (χ1) is 15.1. The van der Waals surface area contributed by atoms with Gasteiger partial charge in [0.15, 0.2) is 0 Å². The van der Waals surface area contributed by atoms with E-state index in [1.165, 1.54) is 5.56 Å². The van der Waals surface area contributed by atoms with Crippen LogP contribution in [0.2, 0.25) is 0 Å². The second kappa shape index (κ2) is 8.73. The second-order valence-corrected chi connectivity index (χ2v) is 7.53. The van der Waals surface area contributed by atoms with Gasteiger partial charge >= 0.3 is 0 Å². The van der Waals surface area contributed by atoms with Crippen molar-refractivity contribution in [1.82, 2.24) is 4.57 Å². The minimum absolute atomic E-state index is 0.0777. The van der Waals surface area contributed by atoms with E-state index in [1.807, 2.05) is 74.5 Å². The molecule has 0 aliphatic rings. The molecule has 152 valence electrons. The summed E-state index contributed by atoms with van der Waals surface area (Å²) in [5, 5.41) is 13.6. The van der Waals surface area contributed by atoms with Crippen LogP contribution in [0.5, 0.6) is 0 Å². The topological polar surface area (TPSA) is 57.8 Å². The standard InChI is InChI=1S/C27H23N3O/c1-19-10-6-8-14-25(19)29-27(31)22(17-28)16-24-20(2)30(18-21-11-4-3-5-12-21)26-15-9-7-13-23(24)26/h3-16H,18H2,1-2H3,(H,29,31)/b22-16-. The SMILES string of the molecule is Cc1ccccc1NC(=O)/C(C#N)=C\c1c(C)n(Cc2ccccc2)c2ccccc12. The van der Waals surface area contributed by atoms with Crippen LogP contribution in [0.1, 0.15) is 22.4 Å². The van der Waals surface area contributed by atoms with E-state index >= 15 is 0 Å². The normalized spacial score (nSPS) is 11.3. The van der Waals surface area contributed by atoms with Gasteiger partial charge in [0.2, 0.25) is 0 Å². The third-order valence-electron chi connectivity index (χ3n) is 5.51. The summed E-state index contributed by atoms with van der Waals surface area (Å²) >= 11 is 0.